The van der Waals surface area contributed by atoms with Gasteiger partial charge in [0.05, 0.1) is 14.2 Å². The van der Waals surface area contributed by atoms with E-state index in [-0.39, 0.29) is 0 Å². The van der Waals surface area contributed by atoms with Crippen molar-refractivity contribution in [2.75, 3.05) is 14.2 Å². The molecular weight excluding hydrogens is 260 g/mol. The smallest absolute Gasteiger partial charge is 0.126 e. The standard InChI is InChI=1S/C19H24O2/c1-5-8-17-18(20-3)12-16(13-19(17)21-4)15-10-7-9-14(6-2)11-15/h7,9-13H,5-6,8H2,1-4H3. The molecule has 0 aliphatic rings. The van der Waals surface area contributed by atoms with Crippen LogP contribution in [0, 0.1) is 0 Å². The topological polar surface area (TPSA) is 18.5 Å². The molecule has 0 amide bonds. The van der Waals surface area contributed by atoms with Crippen LogP contribution in [0.25, 0.3) is 11.1 Å². The average Bonchev–Trinajstić information content (AvgIpc) is 2.55. The van der Waals surface area contributed by atoms with E-state index in [1.165, 1.54) is 11.1 Å². The molecule has 2 nitrogen and oxygen atoms in total. The first-order valence-electron chi connectivity index (χ1n) is 7.57. The van der Waals surface area contributed by atoms with E-state index in [1.807, 2.05) is 0 Å². The molecule has 0 aliphatic carbocycles. The number of hydrogen-bond acceptors (Lipinski definition) is 2. The zero-order chi connectivity index (χ0) is 15.2. The summed E-state index contributed by atoms with van der Waals surface area (Å²) in [4.78, 5) is 0. The molecule has 0 radical (unpaired) electrons. The van der Waals surface area contributed by atoms with Crippen molar-refractivity contribution in [1.29, 1.82) is 0 Å². The summed E-state index contributed by atoms with van der Waals surface area (Å²) in [6.07, 6.45) is 3.06. The van der Waals surface area contributed by atoms with Gasteiger partial charge in [0, 0.05) is 5.56 Å². The predicted molar refractivity (Wildman–Crippen MR) is 88.4 cm³/mol. The van der Waals surface area contributed by atoms with Crippen LogP contribution in [0.5, 0.6) is 11.5 Å². The van der Waals surface area contributed by atoms with Gasteiger partial charge in [-0.15, -0.1) is 0 Å². The first kappa shape index (κ1) is 15.4. The fraction of sp³-hybridized carbons (Fsp3) is 0.368. The Bertz CT molecular complexity index is 577. The van der Waals surface area contributed by atoms with E-state index < -0.39 is 0 Å². The number of rotatable bonds is 6. The Balaban J connectivity index is 2.53. The van der Waals surface area contributed by atoms with Crippen molar-refractivity contribution < 1.29 is 9.47 Å². The Kier molecular flexibility index (Phi) is 5.26. The lowest BCUT2D eigenvalue weighted by Crippen LogP contribution is -1.98. The molecule has 2 aromatic carbocycles. The highest BCUT2D eigenvalue weighted by atomic mass is 16.5. The zero-order valence-corrected chi connectivity index (χ0v) is 13.4. The van der Waals surface area contributed by atoms with Crippen LogP contribution >= 0.6 is 0 Å². The minimum Gasteiger partial charge on any atom is -0.496 e. The van der Waals surface area contributed by atoms with Crippen LogP contribution in [-0.4, -0.2) is 14.2 Å². The highest BCUT2D eigenvalue weighted by molar-refractivity contribution is 5.69. The van der Waals surface area contributed by atoms with Crippen LogP contribution in [0.4, 0.5) is 0 Å². The molecule has 0 heterocycles. The van der Waals surface area contributed by atoms with E-state index >= 15 is 0 Å². The maximum Gasteiger partial charge on any atom is 0.126 e. The molecule has 0 aromatic heterocycles. The number of hydrogen-bond donors (Lipinski definition) is 0. The van der Waals surface area contributed by atoms with Gasteiger partial charge in [0.15, 0.2) is 0 Å². The summed E-state index contributed by atoms with van der Waals surface area (Å²) in [5.74, 6) is 1.82. The molecule has 112 valence electrons. The quantitative estimate of drug-likeness (QED) is 0.752. The largest absolute Gasteiger partial charge is 0.496 e. The van der Waals surface area contributed by atoms with E-state index in [0.29, 0.717) is 0 Å². The highest BCUT2D eigenvalue weighted by Crippen LogP contribution is 2.36. The third-order valence-corrected chi connectivity index (χ3v) is 3.78. The first-order chi connectivity index (χ1) is 10.2. The summed E-state index contributed by atoms with van der Waals surface area (Å²) in [5.41, 5.74) is 4.83. The molecule has 0 fully saturated rings. The van der Waals surface area contributed by atoms with Crippen molar-refractivity contribution in [3.63, 3.8) is 0 Å². The second-order valence-electron chi connectivity index (χ2n) is 5.16. The van der Waals surface area contributed by atoms with Crippen molar-refractivity contribution >= 4 is 0 Å². The van der Waals surface area contributed by atoms with Crippen molar-refractivity contribution in [3.8, 4) is 22.6 Å². The minimum atomic E-state index is 0.910. The predicted octanol–water partition coefficient (Wildman–Crippen LogP) is 4.89. The van der Waals surface area contributed by atoms with Crippen molar-refractivity contribution in [1.82, 2.24) is 0 Å². The zero-order valence-electron chi connectivity index (χ0n) is 13.4. The van der Waals surface area contributed by atoms with Crippen molar-refractivity contribution in [2.45, 2.75) is 33.1 Å². The molecular formula is C19H24O2. The van der Waals surface area contributed by atoms with Gasteiger partial charge in [0.1, 0.15) is 11.5 Å². The van der Waals surface area contributed by atoms with Crippen LogP contribution in [-0.2, 0) is 12.8 Å². The van der Waals surface area contributed by atoms with E-state index in [0.717, 1.165) is 41.9 Å². The fourth-order valence-electron chi connectivity index (χ4n) is 2.62. The maximum atomic E-state index is 5.58. The molecule has 2 rings (SSSR count). The van der Waals surface area contributed by atoms with Crippen molar-refractivity contribution in [2.24, 2.45) is 0 Å². The second-order valence-corrected chi connectivity index (χ2v) is 5.16. The summed E-state index contributed by atoms with van der Waals surface area (Å²) in [6.45, 7) is 4.34. The van der Waals surface area contributed by atoms with Crippen molar-refractivity contribution in [3.05, 3.63) is 47.5 Å². The van der Waals surface area contributed by atoms with Gasteiger partial charge in [0.25, 0.3) is 0 Å². The Morgan fingerprint density at radius 2 is 1.52 bits per heavy atom. The number of aryl methyl sites for hydroxylation is 1. The lowest BCUT2D eigenvalue weighted by atomic mass is 9.98. The number of methoxy groups -OCH3 is 2. The second kappa shape index (κ2) is 7.16. The summed E-state index contributed by atoms with van der Waals surface area (Å²) in [5, 5.41) is 0. The van der Waals surface area contributed by atoms with Crippen LogP contribution in [0.2, 0.25) is 0 Å². The normalized spacial score (nSPS) is 10.5. The molecule has 0 unspecified atom stereocenters. The monoisotopic (exact) mass is 284 g/mol. The maximum absolute atomic E-state index is 5.58. The summed E-state index contributed by atoms with van der Waals surface area (Å²) < 4.78 is 11.2. The van der Waals surface area contributed by atoms with Gasteiger partial charge in [-0.2, -0.15) is 0 Å². The molecule has 0 N–H and O–H groups in total. The third kappa shape index (κ3) is 3.38. The highest BCUT2D eigenvalue weighted by Gasteiger charge is 2.13. The molecule has 0 saturated carbocycles. The Morgan fingerprint density at radius 1 is 0.857 bits per heavy atom. The lowest BCUT2D eigenvalue weighted by Gasteiger charge is -2.15. The average molecular weight is 284 g/mol. The molecule has 0 atom stereocenters. The van der Waals surface area contributed by atoms with E-state index in [4.69, 9.17) is 9.47 Å². The number of ether oxygens (including phenoxy) is 2. The Morgan fingerprint density at radius 3 is 2.05 bits per heavy atom. The van der Waals surface area contributed by atoms with E-state index in [1.54, 1.807) is 14.2 Å². The van der Waals surface area contributed by atoms with Gasteiger partial charge in [-0.25, -0.2) is 0 Å². The van der Waals surface area contributed by atoms with Crippen LogP contribution in [0.15, 0.2) is 36.4 Å². The van der Waals surface area contributed by atoms with Crippen LogP contribution in [0.3, 0.4) is 0 Å². The van der Waals surface area contributed by atoms with E-state index in [9.17, 15) is 0 Å². The van der Waals surface area contributed by atoms with Gasteiger partial charge in [-0.05, 0) is 41.7 Å². The van der Waals surface area contributed by atoms with Gasteiger partial charge >= 0.3 is 0 Å². The summed E-state index contributed by atoms with van der Waals surface area (Å²) in [6, 6.07) is 12.8. The third-order valence-electron chi connectivity index (χ3n) is 3.78. The number of benzene rings is 2. The summed E-state index contributed by atoms with van der Waals surface area (Å²) >= 11 is 0. The Hall–Kier alpha value is -1.96. The van der Waals surface area contributed by atoms with Gasteiger partial charge < -0.3 is 9.47 Å². The summed E-state index contributed by atoms with van der Waals surface area (Å²) in [7, 11) is 3.44. The van der Waals surface area contributed by atoms with Crippen LogP contribution < -0.4 is 9.47 Å². The van der Waals surface area contributed by atoms with E-state index in [2.05, 4.69) is 50.2 Å². The van der Waals surface area contributed by atoms with Gasteiger partial charge in [0.2, 0.25) is 0 Å². The minimum absolute atomic E-state index is 0.910. The lowest BCUT2D eigenvalue weighted by molar-refractivity contribution is 0.385. The first-order valence-corrected chi connectivity index (χ1v) is 7.57. The molecule has 0 saturated heterocycles. The molecule has 2 aromatic rings. The molecule has 21 heavy (non-hydrogen) atoms. The molecule has 2 heteroatoms. The van der Waals surface area contributed by atoms with Gasteiger partial charge in [-0.3, -0.25) is 0 Å². The van der Waals surface area contributed by atoms with Gasteiger partial charge in [-0.1, -0.05) is 44.5 Å². The molecule has 0 bridgehead atoms. The van der Waals surface area contributed by atoms with Crippen LogP contribution in [0.1, 0.15) is 31.4 Å². The SMILES string of the molecule is CCCc1c(OC)cc(-c2cccc(CC)c2)cc1OC. The molecule has 0 spiro atoms. The molecule has 0 aliphatic heterocycles. The Labute approximate surface area is 127 Å². The fourth-order valence-corrected chi connectivity index (χ4v) is 2.62.